The quantitative estimate of drug-likeness (QED) is 0.553. The van der Waals surface area contributed by atoms with Crippen LogP contribution in [-0.4, -0.2) is 5.11 Å². The first-order valence-corrected chi connectivity index (χ1v) is 4.96. The number of hydrogen-bond donors (Lipinski definition) is 2. The van der Waals surface area contributed by atoms with Gasteiger partial charge < -0.3 is 10.8 Å². The molecule has 0 aliphatic carbocycles. The van der Waals surface area contributed by atoms with Crippen LogP contribution in [0.5, 0.6) is 5.75 Å². The molecule has 0 amide bonds. The number of nitrogens with zero attached hydrogens (tertiary/aromatic N) is 1. The first kappa shape index (κ1) is 8.85. The zero-order chi connectivity index (χ0) is 10.1. The third-order valence-corrected chi connectivity index (χ3v) is 3.06. The van der Waals surface area contributed by atoms with Crippen molar-refractivity contribution in [2.24, 2.45) is 0 Å². The molecule has 0 bridgehead atoms. The maximum absolute atomic E-state index is 9.68. The molecule has 1 aromatic carbocycles. The van der Waals surface area contributed by atoms with Gasteiger partial charge in [0.2, 0.25) is 0 Å². The Hall–Kier alpha value is -1.73. The predicted molar refractivity (Wildman–Crippen MR) is 57.2 cm³/mol. The number of phenolic OH excluding ortho intramolecular Hbond substituents is 1. The Bertz CT molecular complexity index is 525. The Balaban J connectivity index is 2.75. The van der Waals surface area contributed by atoms with Crippen molar-refractivity contribution < 1.29 is 5.11 Å². The van der Waals surface area contributed by atoms with Crippen LogP contribution in [0.1, 0.15) is 5.56 Å². The number of nitrogens with two attached hydrogens (primary N) is 1. The number of benzene rings is 1. The van der Waals surface area contributed by atoms with Gasteiger partial charge in [-0.05, 0) is 22.9 Å². The van der Waals surface area contributed by atoms with Gasteiger partial charge in [-0.3, -0.25) is 0 Å². The fourth-order valence-corrected chi connectivity index (χ4v) is 2.25. The highest BCUT2D eigenvalue weighted by molar-refractivity contribution is 7.17. The third-order valence-electron chi connectivity index (χ3n) is 2.10. The van der Waals surface area contributed by atoms with Crippen LogP contribution >= 0.6 is 11.3 Å². The first-order valence-electron chi connectivity index (χ1n) is 4.08. The lowest BCUT2D eigenvalue weighted by Gasteiger charge is -2.04. The average molecular weight is 204 g/mol. The monoisotopic (exact) mass is 204 g/mol. The molecular weight excluding hydrogens is 196 g/mol. The number of aromatic hydroxyl groups is 1. The summed E-state index contributed by atoms with van der Waals surface area (Å²) >= 11 is 1.49. The summed E-state index contributed by atoms with van der Waals surface area (Å²) in [6.07, 6.45) is 0.182. The molecule has 4 heteroatoms. The molecule has 0 saturated heterocycles. The van der Waals surface area contributed by atoms with Crippen molar-refractivity contribution in [1.82, 2.24) is 0 Å². The number of nitrogen functional groups attached to an aromatic ring is 1. The minimum Gasteiger partial charge on any atom is -0.505 e. The van der Waals surface area contributed by atoms with E-state index in [4.69, 9.17) is 11.0 Å². The molecule has 0 spiro atoms. The van der Waals surface area contributed by atoms with Crippen LogP contribution < -0.4 is 5.73 Å². The zero-order valence-corrected chi connectivity index (χ0v) is 8.14. The van der Waals surface area contributed by atoms with Gasteiger partial charge in [0.1, 0.15) is 5.75 Å². The second-order valence-electron chi connectivity index (χ2n) is 2.97. The second kappa shape index (κ2) is 3.20. The number of thiophene rings is 1. The smallest absolute Gasteiger partial charge is 0.144 e. The minimum absolute atomic E-state index is 0.0431. The first-order chi connectivity index (χ1) is 6.74. The predicted octanol–water partition coefficient (Wildman–Crippen LogP) is 2.26. The van der Waals surface area contributed by atoms with Crippen LogP contribution in [0.3, 0.4) is 0 Å². The fraction of sp³-hybridized carbons (Fsp3) is 0.100. The van der Waals surface area contributed by atoms with Crippen LogP contribution in [0.2, 0.25) is 0 Å². The Kier molecular flexibility index (Phi) is 2.02. The number of hydrogen-bond acceptors (Lipinski definition) is 4. The highest BCUT2D eigenvalue weighted by atomic mass is 32.1. The topological polar surface area (TPSA) is 70.0 Å². The molecule has 0 atom stereocenters. The van der Waals surface area contributed by atoms with E-state index in [9.17, 15) is 5.11 Å². The summed E-state index contributed by atoms with van der Waals surface area (Å²) in [5.41, 5.74) is 6.72. The van der Waals surface area contributed by atoms with Crippen LogP contribution in [-0.2, 0) is 6.42 Å². The van der Waals surface area contributed by atoms with Crippen molar-refractivity contribution in [2.45, 2.75) is 6.42 Å². The zero-order valence-electron chi connectivity index (χ0n) is 7.32. The largest absolute Gasteiger partial charge is 0.505 e. The fourth-order valence-electron chi connectivity index (χ4n) is 1.41. The standard InChI is InChI=1S/C10H8N2OS/c11-3-1-6-5-7-2-4-14-10(7)8(12)9(6)13/h2,4-5,13H,1,12H2. The van der Waals surface area contributed by atoms with E-state index >= 15 is 0 Å². The van der Waals surface area contributed by atoms with Crippen molar-refractivity contribution in [1.29, 1.82) is 5.26 Å². The summed E-state index contributed by atoms with van der Waals surface area (Å²) < 4.78 is 0.879. The van der Waals surface area contributed by atoms with Crippen molar-refractivity contribution in [3.05, 3.63) is 23.1 Å². The van der Waals surface area contributed by atoms with Gasteiger partial charge in [0.15, 0.2) is 0 Å². The Morgan fingerprint density at radius 2 is 2.36 bits per heavy atom. The van der Waals surface area contributed by atoms with Gasteiger partial charge in [0.25, 0.3) is 0 Å². The molecule has 3 nitrogen and oxygen atoms in total. The van der Waals surface area contributed by atoms with Gasteiger partial charge in [0.05, 0.1) is 22.9 Å². The Morgan fingerprint density at radius 1 is 1.57 bits per heavy atom. The SMILES string of the molecule is N#CCc1cc2ccsc2c(N)c1O. The van der Waals surface area contributed by atoms with Crippen LogP contribution in [0, 0.1) is 11.3 Å². The Labute approximate surface area is 85.0 Å². The van der Waals surface area contributed by atoms with E-state index in [2.05, 4.69) is 0 Å². The second-order valence-corrected chi connectivity index (χ2v) is 3.89. The summed E-state index contributed by atoms with van der Waals surface area (Å²) in [6.45, 7) is 0. The lowest BCUT2D eigenvalue weighted by Crippen LogP contribution is -1.91. The summed E-state index contributed by atoms with van der Waals surface area (Å²) in [6, 6.07) is 5.73. The van der Waals surface area contributed by atoms with E-state index in [1.807, 2.05) is 17.5 Å². The van der Waals surface area contributed by atoms with E-state index in [0.29, 0.717) is 11.3 Å². The molecule has 70 valence electrons. The molecule has 0 fully saturated rings. The highest BCUT2D eigenvalue weighted by Gasteiger charge is 2.10. The average Bonchev–Trinajstić information content (AvgIpc) is 2.62. The summed E-state index contributed by atoms with van der Waals surface area (Å²) in [5, 5.41) is 21.1. The maximum Gasteiger partial charge on any atom is 0.144 e. The molecule has 1 heterocycles. The number of anilines is 1. The van der Waals surface area contributed by atoms with E-state index < -0.39 is 0 Å². The van der Waals surface area contributed by atoms with Crippen LogP contribution in [0.4, 0.5) is 5.69 Å². The van der Waals surface area contributed by atoms with Gasteiger partial charge in [0, 0.05) is 5.56 Å². The van der Waals surface area contributed by atoms with E-state index in [1.165, 1.54) is 11.3 Å². The molecule has 0 radical (unpaired) electrons. The van der Waals surface area contributed by atoms with E-state index in [1.54, 1.807) is 6.07 Å². The molecule has 0 saturated carbocycles. The Morgan fingerprint density at radius 3 is 3.07 bits per heavy atom. The van der Waals surface area contributed by atoms with Gasteiger partial charge >= 0.3 is 0 Å². The molecule has 0 aliphatic rings. The molecular formula is C10H8N2OS. The number of fused-ring (bicyclic) bond motifs is 1. The summed E-state index contributed by atoms with van der Waals surface area (Å²) in [4.78, 5) is 0. The van der Waals surface area contributed by atoms with Gasteiger partial charge in [-0.15, -0.1) is 11.3 Å². The van der Waals surface area contributed by atoms with Gasteiger partial charge in [-0.2, -0.15) is 5.26 Å². The maximum atomic E-state index is 9.68. The molecule has 14 heavy (non-hydrogen) atoms. The van der Waals surface area contributed by atoms with Crippen molar-refractivity contribution in [2.75, 3.05) is 5.73 Å². The van der Waals surface area contributed by atoms with E-state index in [-0.39, 0.29) is 12.2 Å². The molecule has 0 unspecified atom stereocenters. The minimum atomic E-state index is 0.0431. The molecule has 1 aromatic heterocycles. The van der Waals surface area contributed by atoms with E-state index in [0.717, 1.165) is 10.1 Å². The van der Waals surface area contributed by atoms with Crippen molar-refractivity contribution in [3.8, 4) is 11.8 Å². The highest BCUT2D eigenvalue weighted by Crippen LogP contribution is 2.36. The van der Waals surface area contributed by atoms with Gasteiger partial charge in [-0.1, -0.05) is 0 Å². The molecule has 2 aromatic rings. The van der Waals surface area contributed by atoms with Crippen LogP contribution in [0.15, 0.2) is 17.5 Å². The number of nitriles is 1. The van der Waals surface area contributed by atoms with Crippen molar-refractivity contribution >= 4 is 27.1 Å². The normalized spacial score (nSPS) is 10.2. The van der Waals surface area contributed by atoms with Gasteiger partial charge in [-0.25, -0.2) is 0 Å². The molecule has 2 rings (SSSR count). The lowest BCUT2D eigenvalue weighted by atomic mass is 10.1. The summed E-state index contributed by atoms with van der Waals surface area (Å²) in [7, 11) is 0. The summed E-state index contributed by atoms with van der Waals surface area (Å²) in [5.74, 6) is 0.0431. The van der Waals surface area contributed by atoms with Crippen molar-refractivity contribution in [3.63, 3.8) is 0 Å². The lowest BCUT2D eigenvalue weighted by molar-refractivity contribution is 0.473. The number of phenols is 1. The van der Waals surface area contributed by atoms with Crippen LogP contribution in [0.25, 0.3) is 10.1 Å². The number of rotatable bonds is 1. The molecule has 0 aliphatic heterocycles. The molecule has 3 N–H and O–H groups in total. The third kappa shape index (κ3) is 1.19.